The maximum absolute atomic E-state index is 13.9. The van der Waals surface area contributed by atoms with Gasteiger partial charge in [-0.15, -0.1) is 0 Å². The molecular formula is C26H23ClFN5O3S2. The second kappa shape index (κ2) is 10.2. The van der Waals surface area contributed by atoms with Crippen molar-refractivity contribution in [1.82, 2.24) is 14.9 Å². The van der Waals surface area contributed by atoms with Gasteiger partial charge < -0.3 is 19.5 Å². The van der Waals surface area contributed by atoms with E-state index < -0.39 is 21.9 Å². The molecule has 2 aromatic carbocycles. The molecule has 4 aromatic rings. The highest BCUT2D eigenvalue weighted by molar-refractivity contribution is 7.92. The maximum atomic E-state index is 13.9. The van der Waals surface area contributed by atoms with Crippen molar-refractivity contribution in [2.45, 2.75) is 12.1 Å². The van der Waals surface area contributed by atoms with E-state index in [1.807, 2.05) is 46.0 Å². The molecule has 1 aliphatic rings. The van der Waals surface area contributed by atoms with Crippen LogP contribution in [-0.2, 0) is 10.0 Å². The molecule has 8 nitrogen and oxygen atoms in total. The van der Waals surface area contributed by atoms with Crippen LogP contribution in [0, 0.1) is 5.82 Å². The summed E-state index contributed by atoms with van der Waals surface area (Å²) in [7, 11) is -2.12. The first-order chi connectivity index (χ1) is 18.2. The molecule has 2 aromatic heterocycles. The molecule has 0 amide bonds. The van der Waals surface area contributed by atoms with Crippen molar-refractivity contribution in [2.24, 2.45) is 0 Å². The van der Waals surface area contributed by atoms with Crippen molar-refractivity contribution < 1.29 is 17.5 Å². The molecule has 1 saturated heterocycles. The quantitative estimate of drug-likeness (QED) is 0.294. The molecule has 0 radical (unpaired) electrons. The number of aromatic nitrogens is 2. The molecule has 0 saturated carbocycles. The molecule has 3 heterocycles. The summed E-state index contributed by atoms with van der Waals surface area (Å²) in [5.74, 6) is -0.149. The zero-order valence-corrected chi connectivity index (χ0v) is 22.7. The van der Waals surface area contributed by atoms with Gasteiger partial charge in [-0.25, -0.2) is 12.8 Å². The summed E-state index contributed by atoms with van der Waals surface area (Å²) in [6.45, 7) is 0. The summed E-state index contributed by atoms with van der Waals surface area (Å²) in [6.07, 6.45) is 4.64. The van der Waals surface area contributed by atoms with E-state index in [-0.39, 0.29) is 16.8 Å². The normalized spacial score (nSPS) is 17.4. The fraction of sp³-hybridized carbons (Fsp3) is 0.154. The minimum Gasteiger partial charge on any atom is -0.495 e. The number of sulfonamides is 1. The Hall–Kier alpha value is -3.67. The van der Waals surface area contributed by atoms with Crippen LogP contribution in [0.5, 0.6) is 5.75 Å². The Morgan fingerprint density at radius 3 is 2.58 bits per heavy atom. The Morgan fingerprint density at radius 1 is 1.11 bits per heavy atom. The number of benzene rings is 2. The molecule has 0 spiro atoms. The van der Waals surface area contributed by atoms with Gasteiger partial charge in [-0.05, 0) is 72.9 Å². The number of ether oxygens (including phenoxy) is 1. The van der Waals surface area contributed by atoms with Gasteiger partial charge in [-0.2, -0.15) is 0 Å². The van der Waals surface area contributed by atoms with Gasteiger partial charge in [0.15, 0.2) is 5.11 Å². The molecule has 2 atom stereocenters. The van der Waals surface area contributed by atoms with Gasteiger partial charge in [0.25, 0.3) is 0 Å². The van der Waals surface area contributed by atoms with Crippen LogP contribution in [0.3, 0.4) is 0 Å². The molecule has 0 aliphatic carbocycles. The summed E-state index contributed by atoms with van der Waals surface area (Å²) in [5, 5.41) is 3.81. The van der Waals surface area contributed by atoms with Crippen LogP contribution in [0.15, 0.2) is 79.1 Å². The number of anilines is 2. The number of rotatable bonds is 7. The minimum absolute atomic E-state index is 0.00648. The maximum Gasteiger partial charge on any atom is 0.229 e. The second-order valence-electron chi connectivity index (χ2n) is 8.66. The Morgan fingerprint density at radius 2 is 1.89 bits per heavy atom. The Balaban J connectivity index is 1.67. The third-order valence-electron chi connectivity index (χ3n) is 6.12. The predicted octanol–water partition coefficient (Wildman–Crippen LogP) is 5.22. The summed E-state index contributed by atoms with van der Waals surface area (Å²) in [6, 6.07) is 18.4. The SMILES string of the molecule is COc1ccc(N2C(=S)NC(c3ccccn3)C2c2cccn2-c2ccc(F)c(Cl)c2)cc1NS(C)(=O)=O. The average Bonchev–Trinajstić information content (AvgIpc) is 3.49. The topological polar surface area (TPSA) is 88.5 Å². The monoisotopic (exact) mass is 571 g/mol. The number of hydrogen-bond donors (Lipinski definition) is 2. The van der Waals surface area contributed by atoms with Gasteiger partial charge in [0.05, 0.1) is 35.8 Å². The lowest BCUT2D eigenvalue weighted by atomic mass is 10.0. The van der Waals surface area contributed by atoms with E-state index in [2.05, 4.69) is 15.0 Å². The van der Waals surface area contributed by atoms with E-state index in [1.165, 1.54) is 13.2 Å². The van der Waals surface area contributed by atoms with Crippen LogP contribution >= 0.6 is 23.8 Å². The van der Waals surface area contributed by atoms with Crippen molar-refractivity contribution in [2.75, 3.05) is 23.0 Å². The van der Waals surface area contributed by atoms with Crippen LogP contribution in [0.4, 0.5) is 15.8 Å². The first-order valence-corrected chi connectivity index (χ1v) is 14.1. The van der Waals surface area contributed by atoms with E-state index in [4.69, 9.17) is 28.6 Å². The number of thiocarbonyl (C=S) groups is 1. The van der Waals surface area contributed by atoms with Gasteiger partial charge in [-0.1, -0.05) is 17.7 Å². The average molecular weight is 572 g/mol. The fourth-order valence-electron chi connectivity index (χ4n) is 4.56. The van der Waals surface area contributed by atoms with Gasteiger partial charge in [0, 0.05) is 29.5 Å². The minimum atomic E-state index is -3.58. The first kappa shape index (κ1) is 26.0. The first-order valence-electron chi connectivity index (χ1n) is 11.5. The van der Waals surface area contributed by atoms with Crippen LogP contribution in [0.2, 0.25) is 5.02 Å². The lowest BCUT2D eigenvalue weighted by molar-refractivity contribution is 0.417. The standard InChI is InChI=1S/C26H23ClFN5O3S2/c1-36-23-11-9-17(15-21(23)31-38(2,34)35)33-25(24(30-26(33)37)20-6-3-4-12-29-20)22-7-5-13-32(22)16-8-10-19(28)18(27)14-16/h3-15,24-25,31H,1-2H3,(H,30,37). The Bertz CT molecular complexity index is 1610. The third-order valence-corrected chi connectivity index (χ3v) is 7.31. The molecule has 2 N–H and O–H groups in total. The molecule has 1 fully saturated rings. The largest absolute Gasteiger partial charge is 0.495 e. The van der Waals surface area contributed by atoms with Gasteiger partial charge in [-0.3, -0.25) is 9.71 Å². The van der Waals surface area contributed by atoms with Crippen molar-refractivity contribution in [1.29, 1.82) is 0 Å². The predicted molar refractivity (Wildman–Crippen MR) is 150 cm³/mol. The molecule has 5 rings (SSSR count). The number of halogens is 2. The summed E-state index contributed by atoms with van der Waals surface area (Å²) in [4.78, 5) is 6.47. The third kappa shape index (κ3) is 5.04. The second-order valence-corrected chi connectivity index (χ2v) is 11.2. The molecule has 38 heavy (non-hydrogen) atoms. The van der Waals surface area contributed by atoms with E-state index in [1.54, 1.807) is 36.5 Å². The molecule has 0 bridgehead atoms. The van der Waals surface area contributed by atoms with E-state index in [0.717, 1.165) is 17.6 Å². The fourth-order valence-corrected chi connectivity index (χ4v) is 5.64. The van der Waals surface area contributed by atoms with Crippen molar-refractivity contribution in [3.05, 3.63) is 101 Å². The highest BCUT2D eigenvalue weighted by Crippen LogP contribution is 2.44. The summed E-state index contributed by atoms with van der Waals surface area (Å²) in [5.41, 5.74) is 3.15. The lowest BCUT2D eigenvalue weighted by Gasteiger charge is -2.29. The smallest absolute Gasteiger partial charge is 0.229 e. The van der Waals surface area contributed by atoms with Gasteiger partial charge in [0.2, 0.25) is 10.0 Å². The van der Waals surface area contributed by atoms with Crippen molar-refractivity contribution in [3.63, 3.8) is 0 Å². The number of pyridine rings is 1. The van der Waals surface area contributed by atoms with Crippen molar-refractivity contribution in [3.8, 4) is 11.4 Å². The van der Waals surface area contributed by atoms with Crippen molar-refractivity contribution >= 4 is 50.3 Å². The number of nitrogens with one attached hydrogen (secondary N) is 2. The van der Waals surface area contributed by atoms with Crippen LogP contribution in [0.25, 0.3) is 5.69 Å². The highest BCUT2D eigenvalue weighted by atomic mass is 35.5. The van der Waals surface area contributed by atoms with Gasteiger partial charge >= 0.3 is 0 Å². The number of hydrogen-bond acceptors (Lipinski definition) is 5. The summed E-state index contributed by atoms with van der Waals surface area (Å²) < 4.78 is 47.8. The Labute approximate surface area is 230 Å². The van der Waals surface area contributed by atoms with Crippen LogP contribution in [0.1, 0.15) is 23.5 Å². The van der Waals surface area contributed by atoms with Crippen LogP contribution < -0.4 is 19.7 Å². The van der Waals surface area contributed by atoms with Crippen LogP contribution in [-0.4, -0.2) is 36.4 Å². The van der Waals surface area contributed by atoms with Gasteiger partial charge in [0.1, 0.15) is 17.6 Å². The number of methoxy groups -OCH3 is 1. The zero-order valence-electron chi connectivity index (χ0n) is 20.3. The molecule has 12 heteroatoms. The van der Waals surface area contributed by atoms with E-state index in [0.29, 0.717) is 22.2 Å². The van der Waals surface area contributed by atoms with E-state index in [9.17, 15) is 12.8 Å². The highest BCUT2D eigenvalue weighted by Gasteiger charge is 2.42. The summed E-state index contributed by atoms with van der Waals surface area (Å²) >= 11 is 11.9. The molecular weight excluding hydrogens is 549 g/mol. The molecule has 1 aliphatic heterocycles. The van der Waals surface area contributed by atoms with E-state index >= 15 is 0 Å². The molecule has 196 valence electrons. The zero-order chi connectivity index (χ0) is 27.0. The number of nitrogens with zero attached hydrogens (tertiary/aromatic N) is 3. The lowest BCUT2D eigenvalue weighted by Crippen LogP contribution is -2.30. The molecule has 2 unspecified atom stereocenters. The Kier molecular flexibility index (Phi) is 6.99.